The summed E-state index contributed by atoms with van der Waals surface area (Å²) in [6.45, 7) is 5.00. The second-order valence-electron chi connectivity index (χ2n) is 16.4. The van der Waals surface area contributed by atoms with E-state index in [1.165, 1.54) is 13.2 Å². The number of fused-ring (bicyclic) bond motifs is 1. The van der Waals surface area contributed by atoms with Crippen molar-refractivity contribution in [3.8, 4) is 16.9 Å². The van der Waals surface area contributed by atoms with Gasteiger partial charge in [0.25, 0.3) is 5.91 Å². The van der Waals surface area contributed by atoms with E-state index in [4.69, 9.17) is 4.74 Å². The minimum absolute atomic E-state index is 0.0000690. The topological polar surface area (TPSA) is 199 Å². The largest absolute Gasteiger partial charge is 0.479 e. The standard InChI is InChI=1S/C45H49F2N9O7S/c1-3-54(2)64(61,62)53-37-10-8-35(46)41(42(37)47)43(59)34-25-50-44-33(34)22-29(23-49-44)28-5-4-6-31(21-28)56-19-15-30(16-20-56)51-40(58)26-55-17-13-27(14-18-55)36-9-7-32(24-48-36)63-38-11-12-39(57)52-45(38)60/h4-10,21-25,27,30,38,53H,3,11-20,26H2,1-2H3,(H,49,50)(H,51,58)(H,52,57,60). The van der Waals surface area contributed by atoms with Gasteiger partial charge < -0.3 is 19.9 Å². The molecule has 0 radical (unpaired) electrons. The Morgan fingerprint density at radius 3 is 2.44 bits per heavy atom. The second-order valence-corrected chi connectivity index (χ2v) is 18.1. The van der Waals surface area contributed by atoms with Crippen LogP contribution in [0.4, 0.5) is 20.2 Å². The molecular formula is C45H49F2N9O7S. The molecule has 3 fully saturated rings. The molecule has 3 aromatic heterocycles. The average Bonchev–Trinajstić information content (AvgIpc) is 3.72. The lowest BCUT2D eigenvalue weighted by Gasteiger charge is -2.35. The van der Waals surface area contributed by atoms with Crippen LogP contribution in [0.1, 0.15) is 73.0 Å². The molecule has 4 N–H and O–H groups in total. The molecule has 1 atom stereocenters. The first-order valence-electron chi connectivity index (χ1n) is 21.3. The van der Waals surface area contributed by atoms with Gasteiger partial charge in [-0.25, -0.2) is 13.8 Å². The molecule has 3 amide bonds. The van der Waals surface area contributed by atoms with E-state index in [0.29, 0.717) is 35.3 Å². The van der Waals surface area contributed by atoms with E-state index in [2.05, 4.69) is 40.1 Å². The van der Waals surface area contributed by atoms with Gasteiger partial charge in [0.15, 0.2) is 11.9 Å². The Morgan fingerprint density at radius 2 is 1.72 bits per heavy atom. The van der Waals surface area contributed by atoms with E-state index < -0.39 is 50.9 Å². The molecule has 0 spiro atoms. The highest BCUT2D eigenvalue weighted by molar-refractivity contribution is 7.90. The third kappa shape index (κ3) is 9.75. The number of H-pyrrole nitrogens is 1. The Balaban J connectivity index is 0.835. The first kappa shape index (κ1) is 44.3. The van der Waals surface area contributed by atoms with E-state index in [1.807, 2.05) is 30.3 Å². The van der Waals surface area contributed by atoms with Crippen molar-refractivity contribution in [1.29, 1.82) is 0 Å². The number of hydrogen-bond donors (Lipinski definition) is 4. The van der Waals surface area contributed by atoms with E-state index in [9.17, 15) is 27.6 Å². The van der Waals surface area contributed by atoms with Gasteiger partial charge in [-0.05, 0) is 86.8 Å². The van der Waals surface area contributed by atoms with Crippen molar-refractivity contribution < 1.29 is 41.1 Å². The summed E-state index contributed by atoms with van der Waals surface area (Å²) in [5.41, 5.74) is 2.25. The first-order valence-corrected chi connectivity index (χ1v) is 22.8. The molecule has 0 bridgehead atoms. The number of aromatic amines is 1. The molecule has 64 heavy (non-hydrogen) atoms. The number of benzene rings is 2. The number of piperidine rings is 3. The van der Waals surface area contributed by atoms with Gasteiger partial charge >= 0.3 is 10.2 Å². The maximum Gasteiger partial charge on any atom is 0.301 e. The number of imide groups is 1. The van der Waals surface area contributed by atoms with Crippen LogP contribution in [-0.2, 0) is 24.6 Å². The zero-order valence-electron chi connectivity index (χ0n) is 35.4. The number of rotatable bonds is 14. The fourth-order valence-corrected chi connectivity index (χ4v) is 9.32. The summed E-state index contributed by atoms with van der Waals surface area (Å²) in [5, 5.41) is 5.87. The van der Waals surface area contributed by atoms with Gasteiger partial charge in [0.05, 0.1) is 24.0 Å². The van der Waals surface area contributed by atoms with Crippen LogP contribution in [0.3, 0.4) is 0 Å². The third-order valence-electron chi connectivity index (χ3n) is 12.2. The summed E-state index contributed by atoms with van der Waals surface area (Å²) in [6.07, 6.45) is 7.71. The predicted molar refractivity (Wildman–Crippen MR) is 235 cm³/mol. The van der Waals surface area contributed by atoms with Gasteiger partial charge in [-0.15, -0.1) is 0 Å². The molecule has 1 unspecified atom stereocenters. The van der Waals surface area contributed by atoms with Crippen molar-refractivity contribution >= 4 is 56.1 Å². The molecular weight excluding hydrogens is 849 g/mol. The normalized spacial score (nSPS) is 18.0. The Bertz CT molecular complexity index is 2680. The lowest BCUT2D eigenvalue weighted by molar-refractivity contribution is -0.139. The molecule has 2 aromatic carbocycles. The number of amides is 3. The van der Waals surface area contributed by atoms with Crippen LogP contribution < -0.4 is 25.0 Å². The number of halogens is 2. The molecule has 3 aliphatic heterocycles. The number of nitrogens with one attached hydrogen (secondary N) is 4. The van der Waals surface area contributed by atoms with Crippen molar-refractivity contribution in [1.82, 2.24) is 34.8 Å². The molecule has 16 nitrogen and oxygen atoms in total. The van der Waals surface area contributed by atoms with Gasteiger partial charge in [-0.2, -0.15) is 12.7 Å². The number of likely N-dealkylation sites (tertiary alicyclic amines) is 1. The van der Waals surface area contributed by atoms with Crippen LogP contribution in [0, 0.1) is 11.6 Å². The fraction of sp³-hybridized carbons (Fsp3) is 0.378. The highest BCUT2D eigenvalue weighted by Gasteiger charge is 2.30. The summed E-state index contributed by atoms with van der Waals surface area (Å²) in [5.74, 6) is -3.44. The van der Waals surface area contributed by atoms with Gasteiger partial charge in [0.2, 0.25) is 17.6 Å². The van der Waals surface area contributed by atoms with Crippen LogP contribution in [-0.4, -0.2) is 115 Å². The van der Waals surface area contributed by atoms with E-state index in [1.54, 1.807) is 31.5 Å². The molecule has 0 saturated carbocycles. The van der Waals surface area contributed by atoms with Crippen molar-refractivity contribution in [2.24, 2.45) is 0 Å². The number of nitrogens with zero attached hydrogens (tertiary/aromatic N) is 5. The third-order valence-corrected chi connectivity index (χ3v) is 13.7. The summed E-state index contributed by atoms with van der Waals surface area (Å²) in [4.78, 5) is 66.7. The van der Waals surface area contributed by atoms with E-state index in [0.717, 1.165) is 85.2 Å². The summed E-state index contributed by atoms with van der Waals surface area (Å²) in [6, 6.07) is 15.1. The van der Waals surface area contributed by atoms with Crippen LogP contribution in [0.5, 0.6) is 5.75 Å². The smallest absolute Gasteiger partial charge is 0.301 e. The van der Waals surface area contributed by atoms with Crippen LogP contribution >= 0.6 is 0 Å². The minimum Gasteiger partial charge on any atom is -0.479 e. The number of aromatic nitrogens is 3. The number of ether oxygens (including phenoxy) is 1. The van der Waals surface area contributed by atoms with E-state index >= 15 is 8.78 Å². The number of pyridine rings is 2. The molecule has 3 saturated heterocycles. The Labute approximate surface area is 368 Å². The van der Waals surface area contributed by atoms with E-state index in [-0.39, 0.29) is 42.3 Å². The number of hydrogen-bond acceptors (Lipinski definition) is 11. The van der Waals surface area contributed by atoms with Gasteiger partial charge in [0.1, 0.15) is 17.2 Å². The molecule has 8 rings (SSSR count). The molecule has 6 heterocycles. The SMILES string of the molecule is CCN(C)S(=O)(=O)Nc1ccc(F)c(C(=O)c2c[nH]c3ncc(-c4cccc(N5CCC(NC(=O)CN6CCC(c7ccc(OC8CCC(=O)NC8=O)cn7)CC6)CC5)c4)cc23)c1F. The molecule has 336 valence electrons. The van der Waals surface area contributed by atoms with Gasteiger partial charge in [-0.1, -0.05) is 19.1 Å². The molecule has 5 aromatic rings. The fourth-order valence-electron chi connectivity index (χ4n) is 8.39. The minimum atomic E-state index is -4.15. The van der Waals surface area contributed by atoms with Crippen molar-refractivity contribution in [3.05, 3.63) is 102 Å². The Kier molecular flexibility index (Phi) is 13.0. The van der Waals surface area contributed by atoms with Crippen molar-refractivity contribution in [3.63, 3.8) is 0 Å². The van der Waals surface area contributed by atoms with Crippen LogP contribution in [0.15, 0.2) is 73.2 Å². The lowest BCUT2D eigenvalue weighted by atomic mass is 9.93. The zero-order chi connectivity index (χ0) is 45.1. The molecule has 19 heteroatoms. The van der Waals surface area contributed by atoms with Crippen molar-refractivity contribution in [2.45, 2.75) is 63.5 Å². The van der Waals surface area contributed by atoms with Crippen LogP contribution in [0.2, 0.25) is 0 Å². The second kappa shape index (κ2) is 18.8. The monoisotopic (exact) mass is 897 g/mol. The highest BCUT2D eigenvalue weighted by atomic mass is 32.2. The maximum atomic E-state index is 15.7. The van der Waals surface area contributed by atoms with Crippen LogP contribution in [0.25, 0.3) is 22.2 Å². The highest BCUT2D eigenvalue weighted by Crippen LogP contribution is 2.33. The number of carbonyl (C=O) groups is 4. The maximum absolute atomic E-state index is 15.7. The molecule has 0 aliphatic carbocycles. The first-order chi connectivity index (χ1) is 30.8. The molecule has 3 aliphatic rings. The summed E-state index contributed by atoms with van der Waals surface area (Å²) < 4.78 is 64.7. The number of ketones is 1. The average molecular weight is 898 g/mol. The number of anilines is 2. The zero-order valence-corrected chi connectivity index (χ0v) is 36.2. The lowest BCUT2D eigenvalue weighted by Crippen LogP contribution is -2.48. The number of carbonyl (C=O) groups excluding carboxylic acids is 4. The van der Waals surface area contributed by atoms with Gasteiger partial charge in [0, 0.05) is 91.8 Å². The van der Waals surface area contributed by atoms with Gasteiger partial charge in [-0.3, -0.25) is 39.1 Å². The summed E-state index contributed by atoms with van der Waals surface area (Å²) >= 11 is 0. The predicted octanol–water partition coefficient (Wildman–Crippen LogP) is 4.89. The van der Waals surface area contributed by atoms with Crippen molar-refractivity contribution in [2.75, 3.05) is 55.9 Å². The summed E-state index contributed by atoms with van der Waals surface area (Å²) in [7, 11) is -2.85. The Hall–Kier alpha value is -6.31. The quantitative estimate of drug-likeness (QED) is 0.0875. The Morgan fingerprint density at radius 1 is 0.938 bits per heavy atom.